The van der Waals surface area contributed by atoms with Gasteiger partial charge >= 0.3 is 0 Å². The SMILES string of the molecule is c1cc2cc(c1)c1cccc(c1)c1cccc(c1)c1cc(ccn1)c1cccc(c1)c1cccc2c1. The first-order valence-electron chi connectivity index (χ1n) is 12.3. The van der Waals surface area contributed by atoms with Crippen molar-refractivity contribution in [3.63, 3.8) is 0 Å². The summed E-state index contributed by atoms with van der Waals surface area (Å²) in [5.41, 5.74) is 0.978. The van der Waals surface area contributed by atoms with Crippen LogP contribution < -0.4 is 0 Å². The lowest BCUT2D eigenvalue weighted by molar-refractivity contribution is 1.43. The standard InChI is InChI=1S/C35H23N/c1-6-24-18-26(8-1)28-10-3-12-30(20-28)32-14-5-15-34(22-32)35-23-33(16-17-36-35)31-13-4-11-29(21-31)27-9-2-7-25(24)19-27/h1-23H. The Kier molecular flexibility index (Phi) is 4.85. The van der Waals surface area contributed by atoms with Crippen molar-refractivity contribution in [3.8, 4) is 0 Å². The van der Waals surface area contributed by atoms with Crippen molar-refractivity contribution in [2.45, 2.75) is 0 Å². The molecule has 0 unspecified atom stereocenters. The van der Waals surface area contributed by atoms with E-state index in [1.165, 1.54) is 53.9 Å². The molecule has 1 heterocycles. The van der Waals surface area contributed by atoms with Crippen molar-refractivity contribution in [1.82, 2.24) is 4.98 Å². The molecule has 6 aromatic carbocycles. The summed E-state index contributed by atoms with van der Waals surface area (Å²) in [7, 11) is 0. The monoisotopic (exact) mass is 457 g/mol. The summed E-state index contributed by atoms with van der Waals surface area (Å²) in [5.74, 6) is 0. The van der Waals surface area contributed by atoms with Crippen LogP contribution in [-0.2, 0) is 0 Å². The Morgan fingerprint density at radius 2 is 0.556 bits per heavy atom. The van der Waals surface area contributed by atoms with Gasteiger partial charge < -0.3 is 0 Å². The molecule has 0 aliphatic carbocycles. The summed E-state index contributed by atoms with van der Waals surface area (Å²) in [5, 5.41) is 13.1. The fourth-order valence-electron chi connectivity index (χ4n) is 5.14. The van der Waals surface area contributed by atoms with Gasteiger partial charge in [-0.05, 0) is 96.3 Å². The van der Waals surface area contributed by atoms with Crippen LogP contribution in [0.5, 0.6) is 0 Å². The van der Waals surface area contributed by atoms with Crippen LogP contribution in [0.15, 0.2) is 140 Å². The van der Waals surface area contributed by atoms with E-state index >= 15 is 0 Å². The third kappa shape index (κ3) is 3.72. The van der Waals surface area contributed by atoms with Crippen molar-refractivity contribution in [2.75, 3.05) is 0 Å². The number of hydrogen-bond donors (Lipinski definition) is 0. The normalized spacial score (nSPS) is 11.3. The van der Waals surface area contributed by atoms with Gasteiger partial charge in [0, 0.05) is 11.6 Å². The largest absolute Gasteiger partial charge is 0.256 e. The molecule has 0 amide bonds. The zero-order chi connectivity index (χ0) is 23.9. The maximum atomic E-state index is 4.72. The molecular weight excluding hydrogens is 434 g/mol. The minimum Gasteiger partial charge on any atom is -0.256 e. The average molecular weight is 458 g/mol. The number of hydrogen-bond acceptors (Lipinski definition) is 1. The molecule has 0 atom stereocenters. The first kappa shape index (κ1) is 20.6. The molecule has 0 radical (unpaired) electrons. The molecule has 36 heavy (non-hydrogen) atoms. The molecule has 0 fully saturated rings. The van der Waals surface area contributed by atoms with Crippen molar-refractivity contribution in [3.05, 3.63) is 140 Å². The Hall–Kier alpha value is -4.75. The van der Waals surface area contributed by atoms with Crippen molar-refractivity contribution in [1.29, 1.82) is 0 Å². The first-order valence-corrected chi connectivity index (χ1v) is 12.3. The van der Waals surface area contributed by atoms with E-state index < -0.39 is 0 Å². The maximum Gasteiger partial charge on any atom is 0.0708 e. The van der Waals surface area contributed by atoms with Crippen molar-refractivity contribution < 1.29 is 0 Å². The van der Waals surface area contributed by atoms with Gasteiger partial charge in [-0.25, -0.2) is 0 Å². The number of pyridine rings is 1. The number of nitrogens with zero attached hydrogens (tertiary/aromatic N) is 1. The summed E-state index contributed by atoms with van der Waals surface area (Å²) >= 11 is 0. The lowest BCUT2D eigenvalue weighted by atomic mass is 10.0. The highest BCUT2D eigenvalue weighted by Gasteiger charge is 1.99. The fraction of sp³-hybridized carbons (Fsp3) is 0. The molecule has 0 aliphatic heterocycles. The third-order valence-electron chi connectivity index (χ3n) is 7.04. The van der Waals surface area contributed by atoms with E-state index in [2.05, 4.69) is 133 Å². The summed E-state index contributed by atoms with van der Waals surface area (Å²) < 4.78 is 0. The minimum atomic E-state index is 0.978. The summed E-state index contributed by atoms with van der Waals surface area (Å²) in [6, 6.07) is 48.2. The highest BCUT2D eigenvalue weighted by molar-refractivity contribution is 6.00. The van der Waals surface area contributed by atoms with Crippen LogP contribution in [0.2, 0.25) is 0 Å². The Morgan fingerprint density at radius 1 is 0.278 bits per heavy atom. The number of aromatic nitrogens is 1. The van der Waals surface area contributed by atoms with E-state index in [0.717, 1.165) is 10.9 Å². The van der Waals surface area contributed by atoms with Crippen molar-refractivity contribution >= 4 is 64.8 Å². The van der Waals surface area contributed by atoms with E-state index in [-0.39, 0.29) is 0 Å². The Morgan fingerprint density at radius 3 is 0.917 bits per heavy atom. The maximum absolute atomic E-state index is 4.72. The first-order chi connectivity index (χ1) is 17.8. The Bertz CT molecular complexity index is 1540. The fourth-order valence-corrected chi connectivity index (χ4v) is 5.14. The highest BCUT2D eigenvalue weighted by Crippen LogP contribution is 2.25. The quantitative estimate of drug-likeness (QED) is 0.221. The van der Waals surface area contributed by atoms with Crippen LogP contribution in [0.25, 0.3) is 64.8 Å². The van der Waals surface area contributed by atoms with E-state index in [9.17, 15) is 0 Å². The Labute approximate surface area is 209 Å². The average Bonchev–Trinajstić information content (AvgIpc) is 2.97. The second-order valence-corrected chi connectivity index (χ2v) is 9.33. The van der Waals surface area contributed by atoms with Gasteiger partial charge in [-0.3, -0.25) is 4.98 Å². The van der Waals surface area contributed by atoms with Crippen LogP contribution in [0.1, 0.15) is 0 Å². The molecule has 1 aromatic heterocycles. The van der Waals surface area contributed by atoms with Gasteiger partial charge in [-0.1, -0.05) is 91.0 Å². The Balaban J connectivity index is 1.72. The van der Waals surface area contributed by atoms with Crippen molar-refractivity contribution in [2.24, 2.45) is 0 Å². The topological polar surface area (TPSA) is 12.9 Å². The molecule has 0 spiro atoms. The molecule has 0 saturated heterocycles. The molecule has 168 valence electrons. The van der Waals surface area contributed by atoms with E-state index in [1.807, 2.05) is 6.20 Å². The molecule has 7 rings (SSSR count). The van der Waals surface area contributed by atoms with Gasteiger partial charge in [0.2, 0.25) is 0 Å². The second-order valence-electron chi connectivity index (χ2n) is 9.33. The van der Waals surface area contributed by atoms with Crippen LogP contribution in [0.4, 0.5) is 0 Å². The minimum absolute atomic E-state index is 0.978. The van der Waals surface area contributed by atoms with Gasteiger partial charge in [-0.2, -0.15) is 0 Å². The predicted molar refractivity (Wildman–Crippen MR) is 156 cm³/mol. The molecule has 0 N–H and O–H groups in total. The molecular formula is C35H23N. The van der Waals surface area contributed by atoms with Crippen LogP contribution in [0.3, 0.4) is 0 Å². The van der Waals surface area contributed by atoms with E-state index in [0.29, 0.717) is 0 Å². The van der Waals surface area contributed by atoms with E-state index in [4.69, 9.17) is 4.98 Å². The summed E-state index contributed by atoms with van der Waals surface area (Å²) in [6.45, 7) is 0. The highest BCUT2D eigenvalue weighted by atomic mass is 14.6. The van der Waals surface area contributed by atoms with Gasteiger partial charge in [0.05, 0.1) is 5.52 Å². The van der Waals surface area contributed by atoms with E-state index in [1.54, 1.807) is 0 Å². The molecule has 0 saturated carbocycles. The molecule has 7 aromatic rings. The van der Waals surface area contributed by atoms with Gasteiger partial charge in [0.25, 0.3) is 0 Å². The number of rotatable bonds is 0. The lowest BCUT2D eigenvalue weighted by Gasteiger charge is -2.02. The zero-order valence-corrected chi connectivity index (χ0v) is 19.7. The van der Waals surface area contributed by atoms with Crippen LogP contribution >= 0.6 is 0 Å². The van der Waals surface area contributed by atoms with Crippen LogP contribution in [-0.4, -0.2) is 4.98 Å². The van der Waals surface area contributed by atoms with Crippen LogP contribution in [0, 0.1) is 0 Å². The third-order valence-corrected chi connectivity index (χ3v) is 7.04. The molecule has 1 nitrogen and oxygen atoms in total. The van der Waals surface area contributed by atoms with Gasteiger partial charge in [-0.15, -0.1) is 0 Å². The second kappa shape index (κ2) is 8.48. The summed E-state index contributed by atoms with van der Waals surface area (Å²) in [4.78, 5) is 4.72. The lowest BCUT2D eigenvalue weighted by Crippen LogP contribution is -1.78. The van der Waals surface area contributed by atoms with Gasteiger partial charge in [0.15, 0.2) is 0 Å². The number of benzene rings is 5. The summed E-state index contributed by atoms with van der Waals surface area (Å²) in [6.07, 6.45) is 1.91. The smallest absolute Gasteiger partial charge is 0.0708 e. The number of fused-ring (bicyclic) bond motifs is 18. The molecule has 1 heteroatoms. The van der Waals surface area contributed by atoms with Gasteiger partial charge in [0.1, 0.15) is 0 Å². The molecule has 12 bridgehead atoms. The zero-order valence-electron chi connectivity index (χ0n) is 19.7. The predicted octanol–water partition coefficient (Wildman–Crippen LogP) is 9.69. The molecule has 0 aliphatic rings.